The van der Waals surface area contributed by atoms with Gasteiger partial charge in [0.25, 0.3) is 5.91 Å². The number of halogens is 1. The lowest BCUT2D eigenvalue weighted by Gasteiger charge is -2.38. The zero-order valence-corrected chi connectivity index (χ0v) is 11.5. The van der Waals surface area contributed by atoms with E-state index in [9.17, 15) is 4.79 Å². The van der Waals surface area contributed by atoms with Crippen LogP contribution in [0.25, 0.3) is 0 Å². The molecule has 0 N–H and O–H groups in total. The Morgan fingerprint density at radius 3 is 2.95 bits per heavy atom. The Balaban J connectivity index is 1.56. The molecule has 19 heavy (non-hydrogen) atoms. The fourth-order valence-electron chi connectivity index (χ4n) is 1.85. The van der Waals surface area contributed by atoms with Gasteiger partial charge in [-0.05, 0) is 23.6 Å². The molecule has 1 aliphatic rings. The molecular formula is C13H11ClN2O2S. The zero-order valence-electron chi connectivity index (χ0n) is 9.95. The molecule has 0 bridgehead atoms. The molecule has 0 saturated carbocycles. The number of aromatic nitrogens is 1. The second-order valence-electron chi connectivity index (χ2n) is 4.22. The van der Waals surface area contributed by atoms with Gasteiger partial charge in [0.2, 0.25) is 5.88 Å². The van der Waals surface area contributed by atoms with Crippen LogP contribution >= 0.6 is 22.9 Å². The van der Waals surface area contributed by atoms with Gasteiger partial charge in [-0.25, -0.2) is 4.98 Å². The van der Waals surface area contributed by atoms with E-state index in [0.717, 1.165) is 4.88 Å². The standard InChI is InChI=1S/C13H11ClN2O2S/c14-10-3-1-5-15-12(10)18-9-7-16(8-9)13(17)11-4-2-6-19-11/h1-6,9H,7-8H2. The maximum Gasteiger partial charge on any atom is 0.264 e. The summed E-state index contributed by atoms with van der Waals surface area (Å²) in [7, 11) is 0. The Labute approximate surface area is 119 Å². The summed E-state index contributed by atoms with van der Waals surface area (Å²) >= 11 is 7.41. The van der Waals surface area contributed by atoms with Gasteiger partial charge in [0.05, 0.1) is 18.0 Å². The number of hydrogen-bond acceptors (Lipinski definition) is 4. The van der Waals surface area contributed by atoms with E-state index in [1.54, 1.807) is 23.2 Å². The summed E-state index contributed by atoms with van der Waals surface area (Å²) < 4.78 is 5.65. The third-order valence-corrected chi connectivity index (χ3v) is 4.02. The highest BCUT2D eigenvalue weighted by Gasteiger charge is 2.33. The highest BCUT2D eigenvalue weighted by molar-refractivity contribution is 7.12. The van der Waals surface area contributed by atoms with Gasteiger partial charge in [-0.1, -0.05) is 17.7 Å². The van der Waals surface area contributed by atoms with Crippen molar-refractivity contribution in [2.24, 2.45) is 0 Å². The molecule has 3 rings (SSSR count). The van der Waals surface area contributed by atoms with Gasteiger partial charge in [0.15, 0.2) is 0 Å². The molecule has 1 fully saturated rings. The summed E-state index contributed by atoms with van der Waals surface area (Å²) in [5, 5.41) is 2.39. The van der Waals surface area contributed by atoms with E-state index in [0.29, 0.717) is 24.0 Å². The number of ether oxygens (including phenoxy) is 1. The molecule has 2 aromatic heterocycles. The molecule has 0 aromatic carbocycles. The zero-order chi connectivity index (χ0) is 13.2. The number of carbonyl (C=O) groups excluding carboxylic acids is 1. The van der Waals surface area contributed by atoms with Crippen LogP contribution in [0.1, 0.15) is 9.67 Å². The molecule has 1 saturated heterocycles. The van der Waals surface area contributed by atoms with E-state index in [4.69, 9.17) is 16.3 Å². The van der Waals surface area contributed by atoms with Crippen LogP contribution in [0.2, 0.25) is 5.02 Å². The van der Waals surface area contributed by atoms with Crippen molar-refractivity contribution in [3.8, 4) is 5.88 Å². The molecule has 0 radical (unpaired) electrons. The van der Waals surface area contributed by atoms with Crippen LogP contribution in [-0.4, -0.2) is 35.0 Å². The molecule has 3 heterocycles. The van der Waals surface area contributed by atoms with Gasteiger partial charge in [0, 0.05) is 6.20 Å². The summed E-state index contributed by atoms with van der Waals surface area (Å²) in [6.45, 7) is 1.15. The van der Waals surface area contributed by atoms with E-state index in [1.807, 2.05) is 17.5 Å². The number of likely N-dealkylation sites (tertiary alicyclic amines) is 1. The third kappa shape index (κ3) is 2.57. The quantitative estimate of drug-likeness (QED) is 0.874. The molecule has 0 spiro atoms. The Kier molecular flexibility index (Phi) is 3.40. The van der Waals surface area contributed by atoms with Crippen molar-refractivity contribution >= 4 is 28.8 Å². The van der Waals surface area contributed by atoms with Gasteiger partial charge < -0.3 is 9.64 Å². The number of nitrogens with zero attached hydrogens (tertiary/aromatic N) is 2. The second kappa shape index (κ2) is 5.19. The Morgan fingerprint density at radius 2 is 2.26 bits per heavy atom. The van der Waals surface area contributed by atoms with Crippen LogP contribution < -0.4 is 4.74 Å². The maximum absolute atomic E-state index is 12.0. The summed E-state index contributed by atoms with van der Waals surface area (Å²) in [5.41, 5.74) is 0. The van der Waals surface area contributed by atoms with E-state index < -0.39 is 0 Å². The first-order chi connectivity index (χ1) is 9.24. The lowest BCUT2D eigenvalue weighted by Crippen LogP contribution is -2.56. The molecule has 0 aliphatic carbocycles. The monoisotopic (exact) mass is 294 g/mol. The minimum atomic E-state index is -0.0312. The van der Waals surface area contributed by atoms with E-state index in [2.05, 4.69) is 4.98 Å². The van der Waals surface area contributed by atoms with E-state index >= 15 is 0 Å². The molecule has 98 valence electrons. The topological polar surface area (TPSA) is 42.4 Å². The van der Waals surface area contributed by atoms with Crippen LogP contribution in [0.5, 0.6) is 5.88 Å². The van der Waals surface area contributed by atoms with Gasteiger partial charge in [-0.3, -0.25) is 4.79 Å². The minimum absolute atomic E-state index is 0.0312. The van der Waals surface area contributed by atoms with Gasteiger partial charge in [0.1, 0.15) is 11.1 Å². The number of carbonyl (C=O) groups is 1. The van der Waals surface area contributed by atoms with Crippen molar-refractivity contribution in [1.82, 2.24) is 9.88 Å². The smallest absolute Gasteiger partial charge is 0.264 e. The average Bonchev–Trinajstić information content (AvgIpc) is 2.88. The van der Waals surface area contributed by atoms with Gasteiger partial charge in [-0.15, -0.1) is 11.3 Å². The van der Waals surface area contributed by atoms with Crippen molar-refractivity contribution < 1.29 is 9.53 Å². The predicted octanol–water partition coefficient (Wildman–Crippen LogP) is 2.70. The summed E-state index contributed by atoms with van der Waals surface area (Å²) in [4.78, 5) is 18.6. The number of pyridine rings is 1. The van der Waals surface area contributed by atoms with E-state index in [-0.39, 0.29) is 12.0 Å². The van der Waals surface area contributed by atoms with E-state index in [1.165, 1.54) is 11.3 Å². The average molecular weight is 295 g/mol. The first-order valence-corrected chi connectivity index (χ1v) is 7.10. The van der Waals surface area contributed by atoms with Crippen molar-refractivity contribution in [1.29, 1.82) is 0 Å². The number of hydrogen-bond donors (Lipinski definition) is 0. The summed E-state index contributed by atoms with van der Waals surface area (Å²) in [6, 6.07) is 7.19. The molecule has 6 heteroatoms. The molecule has 4 nitrogen and oxygen atoms in total. The highest BCUT2D eigenvalue weighted by Crippen LogP contribution is 2.25. The molecule has 1 aliphatic heterocycles. The molecule has 2 aromatic rings. The summed E-state index contributed by atoms with van der Waals surface area (Å²) in [6.07, 6.45) is 1.60. The lowest BCUT2D eigenvalue weighted by atomic mass is 10.1. The largest absolute Gasteiger partial charge is 0.470 e. The minimum Gasteiger partial charge on any atom is -0.470 e. The van der Waals surface area contributed by atoms with Gasteiger partial charge >= 0.3 is 0 Å². The first-order valence-electron chi connectivity index (χ1n) is 5.84. The van der Waals surface area contributed by atoms with Crippen molar-refractivity contribution in [2.75, 3.05) is 13.1 Å². The van der Waals surface area contributed by atoms with Crippen LogP contribution in [0, 0.1) is 0 Å². The normalized spacial score (nSPS) is 15.1. The lowest BCUT2D eigenvalue weighted by molar-refractivity contribution is 0.0164. The first kappa shape index (κ1) is 12.4. The third-order valence-electron chi connectivity index (χ3n) is 2.87. The Morgan fingerprint density at radius 1 is 1.42 bits per heavy atom. The van der Waals surface area contributed by atoms with Crippen LogP contribution in [0.15, 0.2) is 35.8 Å². The fourth-order valence-corrected chi connectivity index (χ4v) is 2.71. The second-order valence-corrected chi connectivity index (χ2v) is 5.57. The molecule has 1 amide bonds. The summed E-state index contributed by atoms with van der Waals surface area (Å²) in [5.74, 6) is 0.486. The Hall–Kier alpha value is -1.59. The van der Waals surface area contributed by atoms with Crippen molar-refractivity contribution in [3.63, 3.8) is 0 Å². The Bertz CT molecular complexity index is 582. The molecule has 0 atom stereocenters. The SMILES string of the molecule is O=C(c1cccs1)N1CC(Oc2ncccc2Cl)C1. The number of amides is 1. The number of rotatable bonds is 3. The fraction of sp³-hybridized carbons (Fsp3) is 0.231. The van der Waals surface area contributed by atoms with Crippen molar-refractivity contribution in [2.45, 2.75) is 6.10 Å². The maximum atomic E-state index is 12.0. The van der Waals surface area contributed by atoms with Crippen molar-refractivity contribution in [3.05, 3.63) is 45.7 Å². The van der Waals surface area contributed by atoms with Crippen LogP contribution in [0.4, 0.5) is 0 Å². The van der Waals surface area contributed by atoms with Crippen LogP contribution in [-0.2, 0) is 0 Å². The predicted molar refractivity (Wildman–Crippen MR) is 73.9 cm³/mol. The number of thiophene rings is 1. The van der Waals surface area contributed by atoms with Gasteiger partial charge in [-0.2, -0.15) is 0 Å². The molecular weight excluding hydrogens is 284 g/mol. The highest BCUT2D eigenvalue weighted by atomic mass is 35.5. The van der Waals surface area contributed by atoms with Crippen LogP contribution in [0.3, 0.4) is 0 Å². The molecule has 0 unspecified atom stereocenters.